The maximum atomic E-state index is 5.35. The number of methoxy groups -OCH3 is 2. The third-order valence-electron chi connectivity index (χ3n) is 6.98. The number of benzene rings is 3. The standard InChI is InChI=1S/C32H39N3O2/c1-5-6-7-10-28-11-8-9-12-31(28)25(2)35-23-32(33-24-35)34(21-26-13-17-29(36-3)18-14-26)22-27-15-19-30(37-4)20-16-27/h8-9,11-20,23-25H,5-7,10,21-22H2,1-4H3/t25-/m0/s1. The Labute approximate surface area is 221 Å². The third kappa shape index (κ3) is 6.94. The Balaban J connectivity index is 1.58. The summed E-state index contributed by atoms with van der Waals surface area (Å²) in [6.07, 6.45) is 9.01. The third-order valence-corrected chi connectivity index (χ3v) is 6.98. The number of nitrogens with zero attached hydrogens (tertiary/aromatic N) is 3. The number of rotatable bonds is 13. The quantitative estimate of drug-likeness (QED) is 0.180. The van der Waals surface area contributed by atoms with E-state index < -0.39 is 0 Å². The highest BCUT2D eigenvalue weighted by Crippen LogP contribution is 2.27. The second-order valence-corrected chi connectivity index (χ2v) is 9.56. The van der Waals surface area contributed by atoms with Crippen LogP contribution >= 0.6 is 0 Å². The lowest BCUT2D eigenvalue weighted by molar-refractivity contribution is 0.414. The molecule has 0 aliphatic carbocycles. The summed E-state index contributed by atoms with van der Waals surface area (Å²) in [5.41, 5.74) is 5.22. The number of unbranched alkanes of at least 4 members (excludes halogenated alkanes) is 2. The van der Waals surface area contributed by atoms with E-state index in [1.807, 2.05) is 30.6 Å². The Kier molecular flexibility index (Phi) is 9.25. The van der Waals surface area contributed by atoms with Crippen molar-refractivity contribution in [2.75, 3.05) is 19.1 Å². The van der Waals surface area contributed by atoms with E-state index in [0.29, 0.717) is 0 Å². The Morgan fingerprint density at radius 2 is 1.41 bits per heavy atom. The number of hydrogen-bond acceptors (Lipinski definition) is 4. The largest absolute Gasteiger partial charge is 0.497 e. The zero-order valence-electron chi connectivity index (χ0n) is 22.6. The van der Waals surface area contributed by atoms with E-state index in [1.165, 1.54) is 41.5 Å². The van der Waals surface area contributed by atoms with Crippen molar-refractivity contribution in [3.8, 4) is 11.5 Å². The van der Waals surface area contributed by atoms with Crippen molar-refractivity contribution in [2.24, 2.45) is 0 Å². The van der Waals surface area contributed by atoms with Crippen LogP contribution in [0, 0.1) is 0 Å². The minimum absolute atomic E-state index is 0.211. The Bertz CT molecular complexity index is 1180. The van der Waals surface area contributed by atoms with Gasteiger partial charge in [0, 0.05) is 19.3 Å². The van der Waals surface area contributed by atoms with Crippen LogP contribution in [-0.2, 0) is 19.5 Å². The molecule has 4 aromatic rings. The Hall–Kier alpha value is -3.73. The van der Waals surface area contributed by atoms with Gasteiger partial charge in [0.2, 0.25) is 0 Å². The summed E-state index contributed by atoms with van der Waals surface area (Å²) >= 11 is 0. The van der Waals surface area contributed by atoms with Crippen LogP contribution < -0.4 is 14.4 Å². The van der Waals surface area contributed by atoms with E-state index in [4.69, 9.17) is 14.5 Å². The molecule has 0 aliphatic heterocycles. The van der Waals surface area contributed by atoms with E-state index in [2.05, 4.69) is 78.0 Å². The van der Waals surface area contributed by atoms with E-state index in [-0.39, 0.29) is 6.04 Å². The van der Waals surface area contributed by atoms with Gasteiger partial charge in [0.15, 0.2) is 0 Å². The summed E-state index contributed by atoms with van der Waals surface area (Å²) in [4.78, 5) is 7.19. The lowest BCUT2D eigenvalue weighted by atomic mass is 9.97. The number of aryl methyl sites for hydroxylation is 1. The predicted molar refractivity (Wildman–Crippen MR) is 152 cm³/mol. The van der Waals surface area contributed by atoms with Crippen LogP contribution in [-0.4, -0.2) is 23.8 Å². The molecule has 0 unspecified atom stereocenters. The topological polar surface area (TPSA) is 39.5 Å². The maximum absolute atomic E-state index is 5.35. The van der Waals surface area contributed by atoms with Crippen LogP contribution in [0.1, 0.15) is 61.4 Å². The highest BCUT2D eigenvalue weighted by atomic mass is 16.5. The summed E-state index contributed by atoms with van der Waals surface area (Å²) in [5.74, 6) is 2.68. The van der Waals surface area contributed by atoms with Crippen molar-refractivity contribution >= 4 is 5.82 Å². The van der Waals surface area contributed by atoms with Gasteiger partial charge in [-0.3, -0.25) is 0 Å². The minimum Gasteiger partial charge on any atom is -0.497 e. The molecule has 1 aromatic heterocycles. The van der Waals surface area contributed by atoms with E-state index in [0.717, 1.165) is 36.8 Å². The smallest absolute Gasteiger partial charge is 0.147 e. The lowest BCUT2D eigenvalue weighted by Crippen LogP contribution is -2.22. The van der Waals surface area contributed by atoms with Gasteiger partial charge in [-0.05, 0) is 66.3 Å². The average Bonchev–Trinajstić information content (AvgIpc) is 3.44. The molecule has 0 saturated heterocycles. The zero-order chi connectivity index (χ0) is 26.0. The van der Waals surface area contributed by atoms with E-state index in [9.17, 15) is 0 Å². The fraction of sp³-hybridized carbons (Fsp3) is 0.344. The molecule has 0 fully saturated rings. The second-order valence-electron chi connectivity index (χ2n) is 9.56. The van der Waals surface area contributed by atoms with Gasteiger partial charge in [-0.25, -0.2) is 4.98 Å². The van der Waals surface area contributed by atoms with Crippen molar-refractivity contribution in [3.63, 3.8) is 0 Å². The van der Waals surface area contributed by atoms with Gasteiger partial charge >= 0.3 is 0 Å². The number of anilines is 1. The lowest BCUT2D eigenvalue weighted by Gasteiger charge is -2.23. The molecule has 4 rings (SSSR count). The molecule has 1 heterocycles. The number of hydrogen-bond donors (Lipinski definition) is 0. The molecular weight excluding hydrogens is 458 g/mol. The van der Waals surface area contributed by atoms with Crippen LogP contribution in [0.5, 0.6) is 11.5 Å². The molecule has 0 saturated carbocycles. The number of ether oxygens (including phenoxy) is 2. The molecular formula is C32H39N3O2. The molecule has 0 N–H and O–H groups in total. The molecule has 0 amide bonds. The molecule has 5 nitrogen and oxygen atoms in total. The van der Waals surface area contributed by atoms with Crippen molar-refractivity contribution in [1.82, 2.24) is 9.55 Å². The fourth-order valence-corrected chi connectivity index (χ4v) is 4.72. The summed E-state index contributed by atoms with van der Waals surface area (Å²) in [7, 11) is 3.39. The van der Waals surface area contributed by atoms with Crippen LogP contribution in [0.4, 0.5) is 5.82 Å². The summed E-state index contributed by atoms with van der Waals surface area (Å²) < 4.78 is 12.9. The van der Waals surface area contributed by atoms with Gasteiger partial charge in [-0.2, -0.15) is 0 Å². The Morgan fingerprint density at radius 3 is 1.97 bits per heavy atom. The first-order chi connectivity index (χ1) is 18.1. The van der Waals surface area contributed by atoms with Gasteiger partial charge in [-0.1, -0.05) is 68.3 Å². The zero-order valence-corrected chi connectivity index (χ0v) is 22.6. The molecule has 5 heteroatoms. The summed E-state index contributed by atoms with van der Waals surface area (Å²) in [6.45, 7) is 6.01. The molecule has 0 bridgehead atoms. The van der Waals surface area contributed by atoms with Crippen LogP contribution in [0.2, 0.25) is 0 Å². The van der Waals surface area contributed by atoms with E-state index >= 15 is 0 Å². The molecule has 37 heavy (non-hydrogen) atoms. The van der Waals surface area contributed by atoms with Gasteiger partial charge < -0.3 is 18.9 Å². The monoisotopic (exact) mass is 497 g/mol. The van der Waals surface area contributed by atoms with E-state index in [1.54, 1.807) is 14.2 Å². The van der Waals surface area contributed by atoms with Crippen LogP contribution in [0.15, 0.2) is 85.3 Å². The Morgan fingerprint density at radius 1 is 0.811 bits per heavy atom. The van der Waals surface area contributed by atoms with Crippen LogP contribution in [0.25, 0.3) is 0 Å². The normalized spacial score (nSPS) is 11.8. The van der Waals surface area contributed by atoms with Gasteiger partial charge in [-0.15, -0.1) is 0 Å². The highest BCUT2D eigenvalue weighted by Gasteiger charge is 2.16. The summed E-state index contributed by atoms with van der Waals surface area (Å²) in [6, 6.07) is 25.6. The molecule has 3 aromatic carbocycles. The van der Waals surface area contributed by atoms with Gasteiger partial charge in [0.25, 0.3) is 0 Å². The summed E-state index contributed by atoms with van der Waals surface area (Å²) in [5, 5.41) is 0. The minimum atomic E-state index is 0.211. The van der Waals surface area contributed by atoms with Gasteiger partial charge in [0.05, 0.1) is 26.6 Å². The maximum Gasteiger partial charge on any atom is 0.147 e. The molecule has 0 aliphatic rings. The van der Waals surface area contributed by atoms with Gasteiger partial charge in [0.1, 0.15) is 17.3 Å². The highest BCUT2D eigenvalue weighted by molar-refractivity contribution is 5.42. The molecule has 0 spiro atoms. The molecule has 1 atom stereocenters. The predicted octanol–water partition coefficient (Wildman–Crippen LogP) is 7.45. The number of aromatic nitrogens is 2. The van der Waals surface area contributed by atoms with Crippen molar-refractivity contribution in [3.05, 3.63) is 108 Å². The van der Waals surface area contributed by atoms with Crippen molar-refractivity contribution in [2.45, 2.75) is 58.7 Å². The average molecular weight is 498 g/mol. The first-order valence-electron chi connectivity index (χ1n) is 13.2. The van der Waals surface area contributed by atoms with Crippen molar-refractivity contribution in [1.29, 1.82) is 0 Å². The molecule has 0 radical (unpaired) electrons. The first kappa shape index (κ1) is 26.3. The second kappa shape index (κ2) is 13.0. The number of imidazole rings is 1. The first-order valence-corrected chi connectivity index (χ1v) is 13.2. The molecule has 194 valence electrons. The van der Waals surface area contributed by atoms with Crippen molar-refractivity contribution < 1.29 is 9.47 Å². The SMILES string of the molecule is CCCCCc1ccccc1[C@H](C)n1cnc(N(Cc2ccc(OC)cc2)Cc2ccc(OC)cc2)c1. The van der Waals surface area contributed by atoms with Crippen LogP contribution in [0.3, 0.4) is 0 Å². The fourth-order valence-electron chi connectivity index (χ4n) is 4.72.